The van der Waals surface area contributed by atoms with Gasteiger partial charge in [0.25, 0.3) is 0 Å². The first-order chi connectivity index (χ1) is 11.3. The fourth-order valence-corrected chi connectivity index (χ4v) is 3.60. The van der Waals surface area contributed by atoms with Crippen LogP contribution in [0.4, 0.5) is 0 Å². The van der Waals surface area contributed by atoms with Crippen LogP contribution in [0.2, 0.25) is 0 Å². The van der Waals surface area contributed by atoms with Gasteiger partial charge in [0.1, 0.15) is 18.5 Å². The number of ether oxygens (including phenoxy) is 2. The van der Waals surface area contributed by atoms with Crippen molar-refractivity contribution in [2.75, 3.05) is 39.5 Å². The minimum absolute atomic E-state index is 0.347. The van der Waals surface area contributed by atoms with E-state index < -0.39 is 6.10 Å². The summed E-state index contributed by atoms with van der Waals surface area (Å²) < 4.78 is 11.1. The smallest absolute Gasteiger partial charge is 0.119 e. The number of morpholine rings is 1. The van der Waals surface area contributed by atoms with Crippen molar-refractivity contribution in [3.63, 3.8) is 0 Å². The molecule has 0 spiro atoms. The zero-order chi connectivity index (χ0) is 15.9. The van der Waals surface area contributed by atoms with E-state index in [-0.39, 0.29) is 0 Å². The molecule has 1 saturated heterocycles. The molecule has 128 valence electrons. The van der Waals surface area contributed by atoms with Crippen LogP contribution in [-0.2, 0) is 4.74 Å². The van der Waals surface area contributed by atoms with Crippen LogP contribution in [-0.4, -0.2) is 55.6 Å². The topological polar surface area (TPSA) is 41.9 Å². The van der Waals surface area contributed by atoms with Gasteiger partial charge >= 0.3 is 0 Å². The van der Waals surface area contributed by atoms with Crippen LogP contribution in [0.15, 0.2) is 24.3 Å². The van der Waals surface area contributed by atoms with Gasteiger partial charge in [0.05, 0.1) is 13.2 Å². The van der Waals surface area contributed by atoms with Crippen molar-refractivity contribution in [1.82, 2.24) is 4.90 Å². The number of hydrogen-bond donors (Lipinski definition) is 1. The van der Waals surface area contributed by atoms with Crippen LogP contribution in [0.3, 0.4) is 0 Å². The molecule has 1 atom stereocenters. The van der Waals surface area contributed by atoms with Crippen LogP contribution < -0.4 is 4.74 Å². The van der Waals surface area contributed by atoms with Crippen molar-refractivity contribution in [1.29, 1.82) is 0 Å². The highest BCUT2D eigenvalue weighted by molar-refractivity contribution is 5.29. The van der Waals surface area contributed by atoms with Gasteiger partial charge in [0.15, 0.2) is 0 Å². The predicted molar refractivity (Wildman–Crippen MR) is 91.0 cm³/mol. The average Bonchev–Trinajstić information content (AvgIpc) is 2.62. The lowest BCUT2D eigenvalue weighted by atomic mass is 9.84. The molecule has 1 aliphatic carbocycles. The van der Waals surface area contributed by atoms with Crippen molar-refractivity contribution in [2.24, 2.45) is 0 Å². The lowest BCUT2D eigenvalue weighted by Crippen LogP contribution is -2.42. The van der Waals surface area contributed by atoms with Gasteiger partial charge in [-0.15, -0.1) is 0 Å². The maximum atomic E-state index is 10.1. The highest BCUT2D eigenvalue weighted by atomic mass is 16.5. The molecule has 1 heterocycles. The Morgan fingerprint density at radius 3 is 2.48 bits per heavy atom. The van der Waals surface area contributed by atoms with E-state index in [1.807, 2.05) is 12.1 Å². The van der Waals surface area contributed by atoms with Crippen molar-refractivity contribution in [3.8, 4) is 5.75 Å². The largest absolute Gasteiger partial charge is 0.491 e. The molecule has 0 amide bonds. The summed E-state index contributed by atoms with van der Waals surface area (Å²) in [7, 11) is 0. The van der Waals surface area contributed by atoms with Gasteiger partial charge < -0.3 is 14.6 Å². The quantitative estimate of drug-likeness (QED) is 0.875. The second kappa shape index (κ2) is 8.67. The molecule has 2 aliphatic rings. The van der Waals surface area contributed by atoms with Crippen LogP contribution >= 0.6 is 0 Å². The first kappa shape index (κ1) is 16.7. The molecule has 0 aromatic heterocycles. The zero-order valence-electron chi connectivity index (χ0n) is 14.0. The second-order valence-electron chi connectivity index (χ2n) is 6.78. The van der Waals surface area contributed by atoms with Gasteiger partial charge in [-0.3, -0.25) is 4.90 Å². The molecule has 4 heteroatoms. The minimum Gasteiger partial charge on any atom is -0.491 e. The molecule has 1 aromatic carbocycles. The van der Waals surface area contributed by atoms with Gasteiger partial charge in [-0.25, -0.2) is 0 Å². The third-order valence-electron chi connectivity index (χ3n) is 4.97. The van der Waals surface area contributed by atoms with E-state index in [0.29, 0.717) is 13.2 Å². The van der Waals surface area contributed by atoms with E-state index in [2.05, 4.69) is 17.0 Å². The fourth-order valence-electron chi connectivity index (χ4n) is 3.60. The molecule has 23 heavy (non-hydrogen) atoms. The summed E-state index contributed by atoms with van der Waals surface area (Å²) in [5.74, 6) is 1.58. The summed E-state index contributed by atoms with van der Waals surface area (Å²) in [6.07, 6.45) is 6.29. The van der Waals surface area contributed by atoms with Crippen molar-refractivity contribution >= 4 is 0 Å². The van der Waals surface area contributed by atoms with E-state index >= 15 is 0 Å². The summed E-state index contributed by atoms with van der Waals surface area (Å²) in [4.78, 5) is 2.23. The number of hydrogen-bond acceptors (Lipinski definition) is 4. The summed E-state index contributed by atoms with van der Waals surface area (Å²) in [6, 6.07) is 8.48. The van der Waals surface area contributed by atoms with E-state index in [0.717, 1.165) is 38.0 Å². The van der Waals surface area contributed by atoms with Gasteiger partial charge in [-0.05, 0) is 36.5 Å². The number of nitrogens with zero attached hydrogens (tertiary/aromatic N) is 1. The second-order valence-corrected chi connectivity index (χ2v) is 6.78. The van der Waals surface area contributed by atoms with Gasteiger partial charge in [0, 0.05) is 19.6 Å². The lowest BCUT2D eigenvalue weighted by Gasteiger charge is -2.28. The predicted octanol–water partition coefficient (Wildman–Crippen LogP) is 2.81. The summed E-state index contributed by atoms with van der Waals surface area (Å²) in [5, 5.41) is 10.1. The molecule has 1 aliphatic heterocycles. The Hall–Kier alpha value is -1.10. The van der Waals surface area contributed by atoms with Crippen LogP contribution in [0.25, 0.3) is 0 Å². The molecular formula is C19H29NO3. The van der Waals surface area contributed by atoms with Gasteiger partial charge in [0.2, 0.25) is 0 Å². The number of aliphatic hydroxyl groups is 1. The van der Waals surface area contributed by atoms with Crippen LogP contribution in [0.1, 0.15) is 43.6 Å². The van der Waals surface area contributed by atoms with Gasteiger partial charge in [-0.2, -0.15) is 0 Å². The third kappa shape index (κ3) is 5.20. The van der Waals surface area contributed by atoms with Crippen molar-refractivity contribution < 1.29 is 14.6 Å². The Morgan fingerprint density at radius 1 is 1.09 bits per heavy atom. The van der Waals surface area contributed by atoms with E-state index in [9.17, 15) is 5.11 Å². The SMILES string of the molecule is O[C@H](COc1ccc(C2CCCCC2)cc1)CN1CCOCC1. The minimum atomic E-state index is -0.453. The Balaban J connectivity index is 1.42. The maximum Gasteiger partial charge on any atom is 0.119 e. The molecule has 3 rings (SSSR count). The monoisotopic (exact) mass is 319 g/mol. The van der Waals surface area contributed by atoms with E-state index in [4.69, 9.17) is 9.47 Å². The molecule has 0 bridgehead atoms. The van der Waals surface area contributed by atoms with Crippen molar-refractivity contribution in [3.05, 3.63) is 29.8 Å². The molecule has 1 N–H and O–H groups in total. The maximum absolute atomic E-state index is 10.1. The normalized spacial score (nSPS) is 22.0. The zero-order valence-corrected chi connectivity index (χ0v) is 14.0. The molecule has 2 fully saturated rings. The highest BCUT2D eigenvalue weighted by Gasteiger charge is 2.17. The van der Waals surface area contributed by atoms with Crippen LogP contribution in [0, 0.1) is 0 Å². The fraction of sp³-hybridized carbons (Fsp3) is 0.684. The Morgan fingerprint density at radius 2 is 1.78 bits per heavy atom. The molecule has 1 aromatic rings. The molecule has 4 nitrogen and oxygen atoms in total. The van der Waals surface area contributed by atoms with E-state index in [1.54, 1.807) is 0 Å². The summed E-state index contributed by atoms with van der Waals surface area (Å²) >= 11 is 0. The number of benzene rings is 1. The number of aliphatic hydroxyl groups excluding tert-OH is 1. The first-order valence-corrected chi connectivity index (χ1v) is 9.02. The van der Waals surface area contributed by atoms with Gasteiger partial charge in [-0.1, -0.05) is 31.4 Å². The van der Waals surface area contributed by atoms with Crippen molar-refractivity contribution in [2.45, 2.75) is 44.1 Å². The third-order valence-corrected chi connectivity index (χ3v) is 4.97. The van der Waals surface area contributed by atoms with E-state index in [1.165, 1.54) is 37.7 Å². The summed E-state index contributed by atoms with van der Waals surface area (Å²) in [5.41, 5.74) is 1.44. The molecule has 0 radical (unpaired) electrons. The molecule has 0 unspecified atom stereocenters. The highest BCUT2D eigenvalue weighted by Crippen LogP contribution is 2.33. The number of rotatable bonds is 6. The lowest BCUT2D eigenvalue weighted by molar-refractivity contribution is 0.00465. The average molecular weight is 319 g/mol. The van der Waals surface area contributed by atoms with Crippen LogP contribution in [0.5, 0.6) is 5.75 Å². The summed E-state index contributed by atoms with van der Waals surface area (Å²) in [6.45, 7) is 4.32. The molecule has 1 saturated carbocycles. The Bertz CT molecular complexity index is 450. The number of β-amino-alcohol motifs (C(OH)–C–C–N with tert-alkyl or cyclic N) is 1. The Kier molecular flexibility index (Phi) is 6.31. The standard InChI is InChI=1S/C19H29NO3/c21-18(14-20-10-12-22-13-11-20)15-23-19-8-6-17(7-9-19)16-4-2-1-3-5-16/h6-9,16,18,21H,1-5,10-15H2/t18-/m0/s1. The molecular weight excluding hydrogens is 290 g/mol. The first-order valence-electron chi connectivity index (χ1n) is 9.02. The Labute approximate surface area is 139 Å².